The second kappa shape index (κ2) is 6.56. The molecule has 0 aliphatic rings. The number of aromatic amines is 1. The Morgan fingerprint density at radius 3 is 2.84 bits per heavy atom. The highest BCUT2D eigenvalue weighted by Crippen LogP contribution is 2.21. The molecular formula is C18H15N5O2. The lowest BCUT2D eigenvalue weighted by Gasteiger charge is -2.05. The summed E-state index contributed by atoms with van der Waals surface area (Å²) in [6.07, 6.45) is 7.38. The zero-order valence-corrected chi connectivity index (χ0v) is 13.3. The van der Waals surface area contributed by atoms with E-state index in [-0.39, 0.29) is 5.91 Å². The standard InChI is InChI=1S/C18H15N5O2/c24-18(21-9-5-12-3-7-19-8-4-12)13-6-10-20-17-15(13)22-16(23-17)14-2-1-11-25-14/h1-4,6-8,10-11H,5,9H2,(H,21,24)(H,20,22,23). The molecule has 0 saturated heterocycles. The fourth-order valence-electron chi connectivity index (χ4n) is 2.59. The van der Waals surface area contributed by atoms with Gasteiger partial charge in [0.05, 0.1) is 11.8 Å². The van der Waals surface area contributed by atoms with Gasteiger partial charge in [0.25, 0.3) is 5.91 Å². The summed E-state index contributed by atoms with van der Waals surface area (Å²) in [5.41, 5.74) is 2.67. The maximum Gasteiger partial charge on any atom is 0.253 e. The monoisotopic (exact) mass is 333 g/mol. The second-order valence-electron chi connectivity index (χ2n) is 5.48. The molecule has 1 amide bonds. The minimum absolute atomic E-state index is 0.182. The first-order valence-corrected chi connectivity index (χ1v) is 7.87. The number of fused-ring (bicyclic) bond motifs is 1. The van der Waals surface area contributed by atoms with Crippen molar-refractivity contribution in [1.29, 1.82) is 0 Å². The molecule has 7 heteroatoms. The third kappa shape index (κ3) is 3.12. The Morgan fingerprint density at radius 2 is 2.04 bits per heavy atom. The molecule has 4 rings (SSSR count). The van der Waals surface area contributed by atoms with E-state index >= 15 is 0 Å². The molecule has 2 N–H and O–H groups in total. The molecular weight excluding hydrogens is 318 g/mol. The number of pyridine rings is 2. The van der Waals surface area contributed by atoms with E-state index in [1.165, 1.54) is 0 Å². The zero-order valence-electron chi connectivity index (χ0n) is 13.3. The van der Waals surface area contributed by atoms with Crippen LogP contribution in [0.4, 0.5) is 0 Å². The van der Waals surface area contributed by atoms with E-state index in [1.54, 1.807) is 43.1 Å². The van der Waals surface area contributed by atoms with Gasteiger partial charge in [0.15, 0.2) is 17.2 Å². The van der Waals surface area contributed by atoms with Crippen molar-refractivity contribution in [2.24, 2.45) is 0 Å². The van der Waals surface area contributed by atoms with Crippen LogP contribution in [0.15, 0.2) is 59.6 Å². The van der Waals surface area contributed by atoms with Gasteiger partial charge in [0.2, 0.25) is 0 Å². The Morgan fingerprint density at radius 1 is 1.16 bits per heavy atom. The fraction of sp³-hybridized carbons (Fsp3) is 0.111. The quantitative estimate of drug-likeness (QED) is 0.585. The molecule has 4 aromatic heterocycles. The molecule has 0 unspecified atom stereocenters. The summed E-state index contributed by atoms with van der Waals surface area (Å²) >= 11 is 0. The van der Waals surface area contributed by atoms with E-state index in [4.69, 9.17) is 4.42 Å². The number of hydrogen-bond donors (Lipinski definition) is 2. The van der Waals surface area contributed by atoms with Gasteiger partial charge in [-0.1, -0.05) is 0 Å². The van der Waals surface area contributed by atoms with Crippen molar-refractivity contribution < 1.29 is 9.21 Å². The summed E-state index contributed by atoms with van der Waals surface area (Å²) in [5, 5.41) is 2.92. The van der Waals surface area contributed by atoms with E-state index in [0.717, 1.165) is 12.0 Å². The van der Waals surface area contributed by atoms with E-state index in [1.807, 2.05) is 12.1 Å². The smallest absolute Gasteiger partial charge is 0.253 e. The van der Waals surface area contributed by atoms with Gasteiger partial charge < -0.3 is 14.7 Å². The SMILES string of the molecule is O=C(NCCc1ccncc1)c1ccnc2[nH]c(-c3ccco3)nc12. The molecule has 124 valence electrons. The number of carbonyl (C=O) groups excluding carboxylic acids is 1. The molecule has 0 bridgehead atoms. The van der Waals surface area contributed by atoms with Gasteiger partial charge in [0.1, 0.15) is 5.52 Å². The maximum absolute atomic E-state index is 12.5. The van der Waals surface area contributed by atoms with Crippen LogP contribution in [-0.4, -0.2) is 32.4 Å². The van der Waals surface area contributed by atoms with Crippen LogP contribution in [0.2, 0.25) is 0 Å². The third-order valence-corrected chi connectivity index (χ3v) is 3.83. The molecule has 0 fully saturated rings. The average Bonchev–Trinajstić information content (AvgIpc) is 3.31. The first kappa shape index (κ1) is 15.1. The lowest BCUT2D eigenvalue weighted by molar-refractivity contribution is 0.0955. The number of rotatable bonds is 5. The van der Waals surface area contributed by atoms with Crippen LogP contribution in [0.3, 0.4) is 0 Å². The number of nitrogens with one attached hydrogen (secondary N) is 2. The Bertz CT molecular complexity index is 993. The highest BCUT2D eigenvalue weighted by atomic mass is 16.3. The molecule has 25 heavy (non-hydrogen) atoms. The Labute approximate surface area is 143 Å². The van der Waals surface area contributed by atoms with Crippen molar-refractivity contribution in [1.82, 2.24) is 25.3 Å². The Kier molecular flexibility index (Phi) is 3.96. The third-order valence-electron chi connectivity index (χ3n) is 3.83. The van der Waals surface area contributed by atoms with Crippen molar-refractivity contribution in [2.45, 2.75) is 6.42 Å². The van der Waals surface area contributed by atoms with Crippen LogP contribution in [0.5, 0.6) is 0 Å². The Hall–Kier alpha value is -3.48. The van der Waals surface area contributed by atoms with Gasteiger partial charge >= 0.3 is 0 Å². The lowest BCUT2D eigenvalue weighted by atomic mass is 10.2. The van der Waals surface area contributed by atoms with E-state index in [2.05, 4.69) is 25.3 Å². The molecule has 0 aliphatic heterocycles. The van der Waals surface area contributed by atoms with Crippen LogP contribution >= 0.6 is 0 Å². The molecule has 0 radical (unpaired) electrons. The topological polar surface area (TPSA) is 96.7 Å². The summed E-state index contributed by atoms with van der Waals surface area (Å²) in [6.45, 7) is 0.530. The summed E-state index contributed by atoms with van der Waals surface area (Å²) in [6, 6.07) is 9.10. The normalized spacial score (nSPS) is 10.9. The molecule has 0 aliphatic carbocycles. The number of carbonyl (C=O) groups is 1. The predicted octanol–water partition coefficient (Wildman–Crippen LogP) is 2.59. The number of furan rings is 1. The predicted molar refractivity (Wildman–Crippen MR) is 91.9 cm³/mol. The average molecular weight is 333 g/mol. The first-order chi connectivity index (χ1) is 12.3. The Balaban J connectivity index is 1.53. The summed E-state index contributed by atoms with van der Waals surface area (Å²) < 4.78 is 5.34. The molecule has 0 saturated carbocycles. The second-order valence-corrected chi connectivity index (χ2v) is 5.48. The molecule has 0 atom stereocenters. The number of hydrogen-bond acceptors (Lipinski definition) is 5. The highest BCUT2D eigenvalue weighted by Gasteiger charge is 2.16. The highest BCUT2D eigenvalue weighted by molar-refractivity contribution is 6.04. The minimum atomic E-state index is -0.182. The molecule has 0 aromatic carbocycles. The van der Waals surface area contributed by atoms with Gasteiger partial charge in [-0.3, -0.25) is 9.78 Å². The maximum atomic E-state index is 12.5. The van der Waals surface area contributed by atoms with Crippen LogP contribution in [-0.2, 0) is 6.42 Å². The summed E-state index contributed by atoms with van der Waals surface area (Å²) in [4.78, 5) is 28.3. The van der Waals surface area contributed by atoms with Gasteiger partial charge in [-0.05, 0) is 42.3 Å². The van der Waals surface area contributed by atoms with Crippen molar-refractivity contribution in [2.75, 3.05) is 6.54 Å². The van der Waals surface area contributed by atoms with Crippen LogP contribution in [0.1, 0.15) is 15.9 Å². The number of H-pyrrole nitrogens is 1. The minimum Gasteiger partial charge on any atom is -0.461 e. The van der Waals surface area contributed by atoms with E-state index < -0.39 is 0 Å². The molecule has 7 nitrogen and oxygen atoms in total. The summed E-state index contributed by atoms with van der Waals surface area (Å²) in [7, 11) is 0. The first-order valence-electron chi connectivity index (χ1n) is 7.87. The number of aromatic nitrogens is 4. The van der Waals surface area contributed by atoms with Crippen LogP contribution < -0.4 is 5.32 Å². The fourth-order valence-corrected chi connectivity index (χ4v) is 2.59. The van der Waals surface area contributed by atoms with Crippen molar-refractivity contribution in [3.8, 4) is 11.6 Å². The van der Waals surface area contributed by atoms with Gasteiger partial charge in [-0.15, -0.1) is 0 Å². The number of nitrogens with zero attached hydrogens (tertiary/aromatic N) is 3. The van der Waals surface area contributed by atoms with Gasteiger partial charge in [-0.25, -0.2) is 9.97 Å². The summed E-state index contributed by atoms with van der Waals surface area (Å²) in [5.74, 6) is 0.963. The van der Waals surface area contributed by atoms with Crippen molar-refractivity contribution >= 4 is 17.1 Å². The van der Waals surface area contributed by atoms with Crippen molar-refractivity contribution in [3.63, 3.8) is 0 Å². The van der Waals surface area contributed by atoms with Gasteiger partial charge in [0, 0.05) is 25.1 Å². The van der Waals surface area contributed by atoms with Crippen molar-refractivity contribution in [3.05, 3.63) is 66.3 Å². The van der Waals surface area contributed by atoms with E-state index in [9.17, 15) is 4.79 Å². The molecule has 4 heterocycles. The van der Waals surface area contributed by atoms with Crippen LogP contribution in [0.25, 0.3) is 22.7 Å². The lowest BCUT2D eigenvalue weighted by Crippen LogP contribution is -2.26. The van der Waals surface area contributed by atoms with E-state index in [0.29, 0.717) is 34.9 Å². The largest absolute Gasteiger partial charge is 0.461 e. The van der Waals surface area contributed by atoms with Crippen LogP contribution in [0, 0.1) is 0 Å². The van der Waals surface area contributed by atoms with Gasteiger partial charge in [-0.2, -0.15) is 0 Å². The molecule has 0 spiro atoms. The number of amides is 1. The number of imidazole rings is 1. The zero-order chi connectivity index (χ0) is 17.1. The molecule has 4 aromatic rings.